The first kappa shape index (κ1) is 16.0. The zero-order valence-electron chi connectivity index (χ0n) is 12.9. The molecule has 0 fully saturated rings. The van der Waals surface area contributed by atoms with Crippen molar-refractivity contribution >= 4 is 19.3 Å². The van der Waals surface area contributed by atoms with Gasteiger partial charge in [-0.2, -0.15) is 0 Å². The highest BCUT2D eigenvalue weighted by molar-refractivity contribution is 7.31. The molecule has 0 amide bonds. The van der Waals surface area contributed by atoms with E-state index >= 15 is 0 Å². The highest BCUT2D eigenvalue weighted by atomic mass is 28.3. The Balaban J connectivity index is 2.58. The Morgan fingerprint density at radius 3 is 1.57 bits per heavy atom. The van der Waals surface area contributed by atoms with E-state index in [1.54, 1.807) is 0 Å². The van der Waals surface area contributed by atoms with Crippen molar-refractivity contribution in [3.63, 3.8) is 0 Å². The Hall–Kier alpha value is -1.36. The smallest absolute Gasteiger partial charge is 0.362 e. The van der Waals surface area contributed by atoms with Crippen LogP contribution in [0.4, 0.5) is 9.59 Å². The first-order valence-corrected chi connectivity index (χ1v) is 9.73. The van der Waals surface area contributed by atoms with Gasteiger partial charge in [-0.25, -0.2) is 0 Å². The normalized spacial score (nSPS) is 19.3. The highest BCUT2D eigenvalue weighted by Crippen LogP contribution is 2.38. The molecule has 0 heterocycles. The summed E-state index contributed by atoms with van der Waals surface area (Å²) in [5, 5.41) is 2.00. The quantitative estimate of drug-likeness (QED) is 0.730. The van der Waals surface area contributed by atoms with Crippen LogP contribution in [0.5, 0.6) is 0 Å². The van der Waals surface area contributed by atoms with E-state index in [-0.39, 0.29) is 11.2 Å². The Kier molecular flexibility index (Phi) is 5.39. The van der Waals surface area contributed by atoms with Crippen molar-refractivity contribution in [3.05, 3.63) is 22.5 Å². The molecule has 21 heavy (non-hydrogen) atoms. The van der Waals surface area contributed by atoms with Crippen molar-refractivity contribution in [2.75, 3.05) is 14.2 Å². The van der Waals surface area contributed by atoms with E-state index < -0.39 is 8.07 Å². The molecule has 2 aliphatic rings. The molecule has 0 saturated carbocycles. The van der Waals surface area contributed by atoms with Crippen molar-refractivity contribution in [2.24, 2.45) is 0 Å². The van der Waals surface area contributed by atoms with E-state index in [0.717, 1.165) is 61.8 Å². The minimum Gasteiger partial charge on any atom is -0.472 e. The van der Waals surface area contributed by atoms with E-state index in [4.69, 9.17) is 9.47 Å². The lowest BCUT2D eigenvalue weighted by molar-refractivity contribution is 0.186. The van der Waals surface area contributed by atoms with E-state index in [1.165, 1.54) is 14.2 Å². The van der Waals surface area contributed by atoms with Gasteiger partial charge >= 0.3 is 8.07 Å². The zero-order valence-corrected chi connectivity index (χ0v) is 13.9. The molecule has 0 atom stereocenters. The van der Waals surface area contributed by atoms with Crippen LogP contribution < -0.4 is 0 Å². The minimum absolute atomic E-state index is 0.365. The summed E-state index contributed by atoms with van der Waals surface area (Å²) in [5.41, 5.74) is -0.730. The molecule has 2 rings (SSSR count). The summed E-state index contributed by atoms with van der Waals surface area (Å²) in [4.78, 5) is 25.4. The number of carbonyl (C=O) groups is 2. The van der Waals surface area contributed by atoms with E-state index in [2.05, 4.69) is 12.2 Å². The molecule has 4 nitrogen and oxygen atoms in total. The maximum Gasteiger partial charge on any atom is 0.362 e. The monoisotopic (exact) mass is 308 g/mol. The van der Waals surface area contributed by atoms with Crippen LogP contribution in [0.25, 0.3) is 0 Å². The molecule has 2 aliphatic carbocycles. The van der Waals surface area contributed by atoms with Crippen LogP contribution in [0.15, 0.2) is 22.5 Å². The second-order valence-corrected chi connectivity index (χ2v) is 9.28. The second kappa shape index (κ2) is 7.07. The summed E-state index contributed by atoms with van der Waals surface area (Å²) in [6.45, 7) is 0. The summed E-state index contributed by atoms with van der Waals surface area (Å²) < 4.78 is 10.2. The van der Waals surface area contributed by atoms with E-state index in [0.29, 0.717) is 0 Å². The molecule has 0 bridgehead atoms. The Morgan fingerprint density at radius 2 is 1.29 bits per heavy atom. The van der Waals surface area contributed by atoms with Crippen molar-refractivity contribution in [3.8, 4) is 0 Å². The Morgan fingerprint density at radius 1 is 0.857 bits per heavy atom. The van der Waals surface area contributed by atoms with Crippen LogP contribution in [-0.4, -0.2) is 33.5 Å². The summed E-state index contributed by atoms with van der Waals surface area (Å²) in [5.74, 6) is 0. The predicted molar refractivity (Wildman–Crippen MR) is 83.7 cm³/mol. The average Bonchev–Trinajstić information content (AvgIpc) is 2.57. The van der Waals surface area contributed by atoms with Crippen molar-refractivity contribution in [1.29, 1.82) is 0 Å². The summed E-state index contributed by atoms with van der Waals surface area (Å²) in [7, 11) is -0.451. The first-order chi connectivity index (χ1) is 10.2. The van der Waals surface area contributed by atoms with Gasteiger partial charge in [0.05, 0.1) is 14.2 Å². The lowest BCUT2D eigenvalue weighted by Gasteiger charge is -2.33. The third-order valence-electron chi connectivity index (χ3n) is 4.53. The number of hydrogen-bond acceptors (Lipinski definition) is 4. The third kappa shape index (κ3) is 2.84. The summed E-state index contributed by atoms with van der Waals surface area (Å²) in [6.07, 6.45) is 12.0. The highest BCUT2D eigenvalue weighted by Gasteiger charge is 2.58. The number of hydrogen-bond donors (Lipinski definition) is 0. The van der Waals surface area contributed by atoms with Crippen LogP contribution >= 0.6 is 0 Å². The fourth-order valence-corrected chi connectivity index (χ4v) is 7.72. The Bertz CT molecular complexity index is 435. The number of carbonyl (C=O) groups excluding carboxylic acids is 2. The lowest BCUT2D eigenvalue weighted by Crippen LogP contribution is -2.57. The van der Waals surface area contributed by atoms with E-state index in [1.807, 2.05) is 0 Å². The fraction of sp³-hybridized carbons (Fsp3) is 0.625. The molecule has 0 saturated heterocycles. The standard InChI is InChI=1S/C16H24O4Si/c1-19-15(17)21(16(18)20-2,13-9-5-3-6-10-13)14-11-7-4-8-12-14/h9,11H,3-8,10,12H2,1-2H3. The molecule has 5 heteroatoms. The minimum atomic E-state index is -3.20. The maximum atomic E-state index is 12.7. The molecule has 0 aromatic heterocycles. The molecule has 0 aliphatic heterocycles. The van der Waals surface area contributed by atoms with Gasteiger partial charge in [0, 0.05) is 0 Å². The van der Waals surface area contributed by atoms with Crippen LogP contribution in [-0.2, 0) is 9.47 Å². The molecule has 0 aromatic carbocycles. The Labute approximate surface area is 127 Å². The molecule has 0 unspecified atom stereocenters. The maximum absolute atomic E-state index is 12.7. The van der Waals surface area contributed by atoms with Crippen LogP contribution in [0.2, 0.25) is 0 Å². The first-order valence-electron chi connectivity index (χ1n) is 7.73. The fourth-order valence-electron chi connectivity index (χ4n) is 3.48. The molecule has 0 radical (unpaired) electrons. The average molecular weight is 308 g/mol. The van der Waals surface area contributed by atoms with Crippen molar-refractivity contribution < 1.29 is 19.1 Å². The van der Waals surface area contributed by atoms with Crippen molar-refractivity contribution in [2.45, 2.75) is 51.4 Å². The number of methoxy groups -OCH3 is 2. The van der Waals surface area contributed by atoms with Gasteiger partial charge in [-0.3, -0.25) is 9.59 Å². The SMILES string of the molecule is COC(=O)[Si](C(=O)OC)(C1=CCCCC1)C1=CCCCC1. The van der Waals surface area contributed by atoms with Gasteiger partial charge in [0.15, 0.2) is 0 Å². The molecular weight excluding hydrogens is 284 g/mol. The number of ether oxygens (including phenoxy) is 2. The van der Waals surface area contributed by atoms with Crippen LogP contribution in [0, 0.1) is 0 Å². The molecule has 0 spiro atoms. The zero-order chi connectivity index (χ0) is 15.3. The third-order valence-corrected chi connectivity index (χ3v) is 9.00. The summed E-state index contributed by atoms with van der Waals surface area (Å²) >= 11 is 0. The van der Waals surface area contributed by atoms with Crippen LogP contribution in [0.3, 0.4) is 0 Å². The van der Waals surface area contributed by atoms with Crippen molar-refractivity contribution in [1.82, 2.24) is 0 Å². The lowest BCUT2D eigenvalue weighted by atomic mass is 10.1. The number of rotatable bonds is 4. The molecule has 116 valence electrons. The molecule has 0 N–H and O–H groups in total. The molecule has 0 aromatic rings. The van der Waals surface area contributed by atoms with Gasteiger partial charge in [0.25, 0.3) is 11.2 Å². The van der Waals surface area contributed by atoms with Gasteiger partial charge in [-0.1, -0.05) is 22.5 Å². The van der Waals surface area contributed by atoms with Gasteiger partial charge < -0.3 is 9.47 Å². The van der Waals surface area contributed by atoms with Crippen LogP contribution in [0.1, 0.15) is 51.4 Å². The number of allylic oxidation sites excluding steroid dienone is 4. The largest absolute Gasteiger partial charge is 0.472 e. The topological polar surface area (TPSA) is 52.6 Å². The predicted octanol–water partition coefficient (Wildman–Crippen LogP) is 4.21. The summed E-state index contributed by atoms with van der Waals surface area (Å²) in [6, 6.07) is 0. The van der Waals surface area contributed by atoms with Gasteiger partial charge in [-0.15, -0.1) is 0 Å². The van der Waals surface area contributed by atoms with Gasteiger partial charge in [0.2, 0.25) is 0 Å². The second-order valence-electron chi connectivity index (χ2n) is 5.68. The van der Waals surface area contributed by atoms with E-state index in [9.17, 15) is 9.59 Å². The van der Waals surface area contributed by atoms with Gasteiger partial charge in [-0.05, 0) is 51.4 Å². The molecular formula is C16H24O4Si. The van der Waals surface area contributed by atoms with Gasteiger partial charge in [0.1, 0.15) is 0 Å².